The Balaban J connectivity index is 4.38. The topological polar surface area (TPSA) is 172 Å². The van der Waals surface area contributed by atoms with Gasteiger partial charge in [0.1, 0.15) is 12.6 Å². The summed E-state index contributed by atoms with van der Waals surface area (Å²) in [6, 6.07) is -1.54. The molecule has 11 nitrogen and oxygen atoms in total. The second-order valence-corrected chi connectivity index (χ2v) is 16.0. The molecule has 0 amide bonds. The van der Waals surface area contributed by atoms with Gasteiger partial charge in [-0.1, -0.05) is 177 Å². The minimum absolute atomic E-state index is 0.0609. The van der Waals surface area contributed by atoms with Crippen molar-refractivity contribution in [3.8, 4) is 0 Å². The molecule has 332 valence electrons. The Hall–Kier alpha value is -3.08. The predicted octanol–water partition coefficient (Wildman–Crippen LogP) is 11.7. The maximum atomic E-state index is 12.6. The van der Waals surface area contributed by atoms with Gasteiger partial charge in [-0.05, 0) is 51.4 Å². The number of carboxylic acid groups (broad SMARTS) is 1. The lowest BCUT2D eigenvalue weighted by molar-refractivity contribution is -0.161. The van der Waals surface area contributed by atoms with Crippen LogP contribution in [0.5, 0.6) is 0 Å². The Kier molecular flexibility index (Phi) is 38.5. The maximum Gasteiger partial charge on any atom is 0.472 e. The van der Waals surface area contributed by atoms with Crippen LogP contribution in [-0.4, -0.2) is 59.9 Å². The van der Waals surface area contributed by atoms with Crippen molar-refractivity contribution in [2.45, 2.75) is 180 Å². The highest BCUT2D eigenvalue weighted by molar-refractivity contribution is 7.47. The Bertz CT molecular complexity index is 1260. The predicted molar refractivity (Wildman–Crippen MR) is 235 cm³/mol. The quantitative estimate of drug-likeness (QED) is 0.0176. The van der Waals surface area contributed by atoms with E-state index in [1.165, 1.54) is 89.9 Å². The first-order valence-electron chi connectivity index (χ1n) is 22.0. The van der Waals surface area contributed by atoms with E-state index in [0.29, 0.717) is 19.3 Å². The molecule has 0 radical (unpaired) electrons. The Morgan fingerprint density at radius 3 is 1.53 bits per heavy atom. The summed E-state index contributed by atoms with van der Waals surface area (Å²) in [4.78, 5) is 45.9. The highest BCUT2D eigenvalue weighted by Gasteiger charge is 2.28. The third-order valence-corrected chi connectivity index (χ3v) is 10.0. The van der Waals surface area contributed by atoms with E-state index in [4.69, 9.17) is 24.8 Å². The molecular formula is C46H78NO10P. The van der Waals surface area contributed by atoms with Gasteiger partial charge in [-0.2, -0.15) is 0 Å². The average Bonchev–Trinajstić information content (AvgIpc) is 3.20. The molecule has 4 N–H and O–H groups in total. The van der Waals surface area contributed by atoms with Crippen molar-refractivity contribution >= 4 is 25.7 Å². The molecule has 12 heteroatoms. The summed E-state index contributed by atoms with van der Waals surface area (Å²) in [6.45, 7) is 2.57. The van der Waals surface area contributed by atoms with Crippen molar-refractivity contribution in [2.24, 2.45) is 5.73 Å². The Labute approximate surface area is 350 Å². The van der Waals surface area contributed by atoms with Gasteiger partial charge in [0.15, 0.2) is 6.10 Å². The highest BCUT2D eigenvalue weighted by atomic mass is 31.2. The summed E-state index contributed by atoms with van der Waals surface area (Å²) in [5.41, 5.74) is 5.32. The summed E-state index contributed by atoms with van der Waals surface area (Å²) < 4.78 is 32.6. The second-order valence-electron chi connectivity index (χ2n) is 14.6. The van der Waals surface area contributed by atoms with Crippen molar-refractivity contribution < 1.29 is 47.5 Å². The summed E-state index contributed by atoms with van der Waals surface area (Å²) in [5, 5.41) is 8.88. The molecular weight excluding hydrogens is 757 g/mol. The molecule has 3 atom stereocenters. The number of hydrogen-bond acceptors (Lipinski definition) is 9. The zero-order valence-electron chi connectivity index (χ0n) is 35.9. The fraction of sp³-hybridized carbons (Fsp3) is 0.674. The number of hydrogen-bond donors (Lipinski definition) is 3. The molecule has 0 bridgehead atoms. The summed E-state index contributed by atoms with van der Waals surface area (Å²) in [6.07, 6.45) is 48.5. The van der Waals surface area contributed by atoms with E-state index >= 15 is 0 Å². The minimum atomic E-state index is -4.74. The van der Waals surface area contributed by atoms with Crippen LogP contribution in [0.15, 0.2) is 72.9 Å². The number of aliphatic carboxylic acids is 1. The van der Waals surface area contributed by atoms with Crippen molar-refractivity contribution in [2.75, 3.05) is 19.8 Å². The van der Waals surface area contributed by atoms with Crippen LogP contribution in [0.25, 0.3) is 0 Å². The normalized spacial score (nSPS) is 14.4. The van der Waals surface area contributed by atoms with E-state index in [2.05, 4.69) is 36.6 Å². The first kappa shape index (κ1) is 54.9. The molecule has 0 spiro atoms. The van der Waals surface area contributed by atoms with Gasteiger partial charge < -0.3 is 25.2 Å². The number of rotatable bonds is 40. The number of esters is 2. The molecule has 0 saturated carbocycles. The van der Waals surface area contributed by atoms with E-state index < -0.39 is 51.1 Å². The molecule has 0 rings (SSSR count). The third kappa shape index (κ3) is 39.7. The number of carboxylic acids is 1. The fourth-order valence-corrected chi connectivity index (χ4v) is 6.40. The van der Waals surface area contributed by atoms with Gasteiger partial charge in [-0.3, -0.25) is 23.4 Å². The number of carbonyl (C=O) groups excluding carboxylic acids is 2. The van der Waals surface area contributed by atoms with Gasteiger partial charge in [0.2, 0.25) is 0 Å². The molecule has 0 saturated heterocycles. The number of allylic oxidation sites excluding steroid dienone is 12. The molecule has 2 unspecified atom stereocenters. The van der Waals surface area contributed by atoms with Gasteiger partial charge >= 0.3 is 25.7 Å². The third-order valence-electron chi connectivity index (χ3n) is 9.07. The molecule has 0 aliphatic heterocycles. The fourth-order valence-electron chi connectivity index (χ4n) is 5.62. The number of carbonyl (C=O) groups is 3. The van der Waals surface area contributed by atoms with E-state index in [-0.39, 0.29) is 19.4 Å². The molecule has 0 aliphatic carbocycles. The van der Waals surface area contributed by atoms with Gasteiger partial charge in [-0.15, -0.1) is 0 Å². The molecule has 0 aromatic rings. The van der Waals surface area contributed by atoms with Crippen LogP contribution in [0.1, 0.15) is 168 Å². The van der Waals surface area contributed by atoms with Crippen molar-refractivity contribution in [1.29, 1.82) is 0 Å². The molecule has 0 aliphatic rings. The first-order valence-corrected chi connectivity index (χ1v) is 23.5. The van der Waals surface area contributed by atoms with Crippen LogP contribution < -0.4 is 5.73 Å². The lowest BCUT2D eigenvalue weighted by Gasteiger charge is -2.20. The second kappa shape index (κ2) is 40.7. The molecule has 0 aromatic carbocycles. The van der Waals surface area contributed by atoms with E-state index in [1.807, 2.05) is 54.7 Å². The van der Waals surface area contributed by atoms with Gasteiger partial charge in [-0.25, -0.2) is 4.57 Å². The molecule has 0 aromatic heterocycles. The highest BCUT2D eigenvalue weighted by Crippen LogP contribution is 2.43. The van der Waals surface area contributed by atoms with E-state index in [1.54, 1.807) is 0 Å². The zero-order valence-corrected chi connectivity index (χ0v) is 36.8. The van der Waals surface area contributed by atoms with Gasteiger partial charge in [0, 0.05) is 12.8 Å². The van der Waals surface area contributed by atoms with Gasteiger partial charge in [0.25, 0.3) is 0 Å². The van der Waals surface area contributed by atoms with Crippen LogP contribution in [-0.2, 0) is 37.5 Å². The molecule has 0 heterocycles. The number of nitrogens with two attached hydrogens (primary N) is 1. The van der Waals surface area contributed by atoms with Crippen molar-refractivity contribution in [3.63, 3.8) is 0 Å². The van der Waals surface area contributed by atoms with Crippen LogP contribution in [0.3, 0.4) is 0 Å². The molecule has 58 heavy (non-hydrogen) atoms. The van der Waals surface area contributed by atoms with E-state index in [0.717, 1.165) is 32.1 Å². The van der Waals surface area contributed by atoms with Gasteiger partial charge in [0.05, 0.1) is 13.2 Å². The van der Waals surface area contributed by atoms with E-state index in [9.17, 15) is 23.8 Å². The van der Waals surface area contributed by atoms with Crippen LogP contribution in [0.4, 0.5) is 0 Å². The summed E-state index contributed by atoms with van der Waals surface area (Å²) in [5.74, 6) is -2.49. The lowest BCUT2D eigenvalue weighted by Crippen LogP contribution is -2.34. The maximum absolute atomic E-state index is 12.6. The van der Waals surface area contributed by atoms with Crippen LogP contribution in [0.2, 0.25) is 0 Å². The Morgan fingerprint density at radius 2 is 1.00 bits per heavy atom. The number of unbranched alkanes of at least 4 members (excludes halogenated alkanes) is 18. The Morgan fingerprint density at radius 1 is 0.552 bits per heavy atom. The monoisotopic (exact) mass is 836 g/mol. The van der Waals surface area contributed by atoms with Crippen LogP contribution >= 0.6 is 7.82 Å². The average molecular weight is 836 g/mol. The lowest BCUT2D eigenvalue weighted by atomic mass is 10.1. The summed E-state index contributed by atoms with van der Waals surface area (Å²) in [7, 11) is -4.74. The molecule has 0 fully saturated rings. The van der Waals surface area contributed by atoms with Crippen molar-refractivity contribution in [1.82, 2.24) is 0 Å². The largest absolute Gasteiger partial charge is 0.480 e. The standard InChI is InChI=1S/C46H78NO10P/c1-3-5-7-9-11-13-15-17-18-19-20-21-22-23-24-26-27-29-31-33-35-37-44(48)54-39-42(40-55-58(52,53)56-41-43(47)46(50)51)57-45(49)38-36-34-32-30-28-25-16-14-12-10-8-6-4-2/h6,8,10,12,14,16,21-22,25,28,30,32,42-43H,3-5,7,9,11,13,15,17-20,23-24,26-27,29,31,33-41,47H2,1-2H3,(H,50,51)(H,52,53)/b8-6+,12-10+,16-14+,22-21+,28-25+,32-30+/t42?,43-/m0/s1. The van der Waals surface area contributed by atoms with Crippen LogP contribution in [0, 0.1) is 0 Å². The number of ether oxygens (including phenoxy) is 2. The smallest absolute Gasteiger partial charge is 0.472 e. The number of phosphoric ester groups is 1. The number of phosphoric acid groups is 1. The summed E-state index contributed by atoms with van der Waals surface area (Å²) >= 11 is 0. The zero-order chi connectivity index (χ0) is 42.8. The van der Waals surface area contributed by atoms with Crippen molar-refractivity contribution in [3.05, 3.63) is 72.9 Å². The first-order chi connectivity index (χ1) is 28.1. The minimum Gasteiger partial charge on any atom is -0.480 e. The SMILES string of the molecule is CC/C=C/C=C/C=C/C=C/C=C/CCCC(=O)OC(COC(=O)CCCCCCCCC/C=C/CCCCCCCCCCCC)COP(=O)(O)OC[C@H](N)C(=O)O.